The number of ether oxygens (including phenoxy) is 1. The van der Waals surface area contributed by atoms with Gasteiger partial charge in [-0.15, -0.1) is 0 Å². The van der Waals surface area contributed by atoms with E-state index in [1.54, 1.807) is 6.07 Å². The molecule has 16 heavy (non-hydrogen) atoms. The predicted octanol–water partition coefficient (Wildman–Crippen LogP) is 2.08. The van der Waals surface area contributed by atoms with Crippen LogP contribution in [0.2, 0.25) is 0 Å². The molecule has 0 spiro atoms. The molecule has 0 saturated heterocycles. The van der Waals surface area contributed by atoms with Crippen molar-refractivity contribution >= 4 is 5.82 Å². The highest BCUT2D eigenvalue weighted by atomic mass is 19.3. The van der Waals surface area contributed by atoms with Crippen molar-refractivity contribution in [2.75, 3.05) is 12.3 Å². The first-order valence-electron chi connectivity index (χ1n) is 4.36. The third-order valence-electron chi connectivity index (χ3n) is 1.80. The average Bonchev–Trinajstić information content (AvgIpc) is 2.20. The Morgan fingerprint density at radius 3 is 2.69 bits per heavy atom. The number of anilines is 1. The maximum Gasteiger partial charge on any atom is 0.330 e. The average molecular weight is 238 g/mol. The molecule has 0 amide bonds. The molecule has 0 saturated carbocycles. The van der Waals surface area contributed by atoms with Crippen LogP contribution in [-0.4, -0.2) is 23.9 Å². The van der Waals surface area contributed by atoms with E-state index >= 15 is 0 Å². The second-order valence-electron chi connectivity index (χ2n) is 3.10. The Kier molecular flexibility index (Phi) is 4.05. The smallest absolute Gasteiger partial charge is 0.330 e. The number of aromatic nitrogens is 1. The number of alkyl halides is 4. The number of hydrogen-bond donors (Lipinski definition) is 1. The molecule has 0 bridgehead atoms. The summed E-state index contributed by atoms with van der Waals surface area (Å²) in [5.74, 6) is -4.01. The highest BCUT2D eigenvalue weighted by molar-refractivity contribution is 5.37. The number of halogens is 4. The van der Waals surface area contributed by atoms with Gasteiger partial charge in [0.2, 0.25) is 0 Å². The first-order chi connectivity index (χ1) is 7.43. The number of nitrogen functional groups attached to an aromatic ring is 1. The molecular formula is C9H10F4N2O. The molecule has 2 N–H and O–H groups in total. The summed E-state index contributed by atoms with van der Waals surface area (Å²) in [5, 5.41) is 0. The van der Waals surface area contributed by atoms with E-state index in [0.29, 0.717) is 5.56 Å². The Hall–Kier alpha value is -1.37. The van der Waals surface area contributed by atoms with Crippen molar-refractivity contribution in [1.82, 2.24) is 4.98 Å². The van der Waals surface area contributed by atoms with Crippen molar-refractivity contribution in [3.05, 3.63) is 23.9 Å². The molecule has 0 radical (unpaired) electrons. The normalized spacial score (nSPS) is 12.1. The lowest BCUT2D eigenvalue weighted by Gasteiger charge is -2.15. The highest BCUT2D eigenvalue weighted by Gasteiger charge is 2.40. The van der Waals surface area contributed by atoms with Gasteiger partial charge in [0.15, 0.2) is 0 Å². The molecular weight excluding hydrogens is 228 g/mol. The molecule has 0 aliphatic heterocycles. The topological polar surface area (TPSA) is 48.1 Å². The fourth-order valence-corrected chi connectivity index (χ4v) is 0.933. The van der Waals surface area contributed by atoms with Crippen molar-refractivity contribution in [2.45, 2.75) is 19.0 Å². The quantitative estimate of drug-likeness (QED) is 0.799. The molecule has 0 aromatic carbocycles. The summed E-state index contributed by atoms with van der Waals surface area (Å²) in [6, 6.07) is 3.06. The monoisotopic (exact) mass is 238 g/mol. The molecule has 1 rings (SSSR count). The van der Waals surface area contributed by atoms with Crippen molar-refractivity contribution in [2.24, 2.45) is 0 Å². The minimum Gasteiger partial charge on any atom is -0.383 e. The molecule has 90 valence electrons. The Morgan fingerprint density at radius 2 is 2.12 bits per heavy atom. The van der Waals surface area contributed by atoms with Crippen LogP contribution in [0.3, 0.4) is 0 Å². The lowest BCUT2D eigenvalue weighted by atomic mass is 10.3. The number of hydrogen-bond acceptors (Lipinski definition) is 3. The van der Waals surface area contributed by atoms with Gasteiger partial charge in [-0.25, -0.2) is 13.8 Å². The second-order valence-corrected chi connectivity index (χ2v) is 3.10. The molecule has 1 aromatic rings. The Balaban J connectivity index is 2.45. The molecule has 0 unspecified atom stereocenters. The van der Waals surface area contributed by atoms with E-state index in [0.717, 1.165) is 0 Å². The van der Waals surface area contributed by atoms with Crippen molar-refractivity contribution < 1.29 is 22.3 Å². The Labute approximate surface area is 89.2 Å². The summed E-state index contributed by atoms with van der Waals surface area (Å²) in [5.41, 5.74) is 5.79. The first kappa shape index (κ1) is 12.7. The number of nitrogens with zero attached hydrogens (tertiary/aromatic N) is 1. The first-order valence-corrected chi connectivity index (χ1v) is 4.36. The third kappa shape index (κ3) is 3.34. The minimum absolute atomic E-state index is 0.128. The van der Waals surface area contributed by atoms with Crippen molar-refractivity contribution in [3.8, 4) is 0 Å². The summed E-state index contributed by atoms with van der Waals surface area (Å²) < 4.78 is 52.8. The van der Waals surface area contributed by atoms with Gasteiger partial charge in [-0.3, -0.25) is 0 Å². The zero-order valence-corrected chi connectivity index (χ0v) is 8.17. The molecule has 1 heterocycles. The van der Waals surface area contributed by atoms with E-state index in [1.807, 2.05) is 0 Å². The highest BCUT2D eigenvalue weighted by Crippen LogP contribution is 2.23. The van der Waals surface area contributed by atoms with E-state index in [4.69, 9.17) is 5.73 Å². The predicted molar refractivity (Wildman–Crippen MR) is 49.3 cm³/mol. The van der Waals surface area contributed by atoms with E-state index in [9.17, 15) is 17.6 Å². The molecule has 1 aromatic heterocycles. The summed E-state index contributed by atoms with van der Waals surface area (Å²) >= 11 is 0. The van der Waals surface area contributed by atoms with Gasteiger partial charge in [-0.05, 0) is 6.07 Å². The Bertz CT molecular complexity index is 346. The van der Waals surface area contributed by atoms with Gasteiger partial charge in [0.1, 0.15) is 12.4 Å². The van der Waals surface area contributed by atoms with Crippen LogP contribution in [0.5, 0.6) is 0 Å². The third-order valence-corrected chi connectivity index (χ3v) is 1.80. The second kappa shape index (κ2) is 5.11. The number of nitrogens with two attached hydrogens (primary N) is 1. The maximum atomic E-state index is 12.4. The van der Waals surface area contributed by atoms with E-state index < -0.39 is 19.0 Å². The SMILES string of the molecule is Nc1ncccc1COCC(F)(F)C(F)F. The maximum absolute atomic E-state index is 12.4. The van der Waals surface area contributed by atoms with Gasteiger partial charge < -0.3 is 10.5 Å². The van der Waals surface area contributed by atoms with E-state index in [2.05, 4.69) is 9.72 Å². The number of rotatable bonds is 5. The molecule has 0 atom stereocenters. The minimum atomic E-state index is -4.14. The van der Waals surface area contributed by atoms with Crippen molar-refractivity contribution in [3.63, 3.8) is 0 Å². The van der Waals surface area contributed by atoms with Gasteiger partial charge in [0, 0.05) is 11.8 Å². The number of pyridine rings is 1. The van der Waals surface area contributed by atoms with Gasteiger partial charge in [-0.2, -0.15) is 8.78 Å². The zero-order valence-electron chi connectivity index (χ0n) is 8.17. The molecule has 0 aliphatic carbocycles. The van der Waals surface area contributed by atoms with Crippen molar-refractivity contribution in [1.29, 1.82) is 0 Å². The van der Waals surface area contributed by atoms with Crippen LogP contribution in [0, 0.1) is 0 Å². The van der Waals surface area contributed by atoms with E-state index in [1.165, 1.54) is 12.3 Å². The largest absolute Gasteiger partial charge is 0.383 e. The van der Waals surface area contributed by atoms with Gasteiger partial charge in [0.05, 0.1) is 6.61 Å². The van der Waals surface area contributed by atoms with Crippen LogP contribution in [0.1, 0.15) is 5.56 Å². The summed E-state index contributed by atoms with van der Waals surface area (Å²) in [4.78, 5) is 3.69. The van der Waals surface area contributed by atoms with Gasteiger partial charge in [0.25, 0.3) is 0 Å². The van der Waals surface area contributed by atoms with Crippen LogP contribution >= 0.6 is 0 Å². The van der Waals surface area contributed by atoms with Crippen LogP contribution < -0.4 is 5.73 Å². The molecule has 0 fully saturated rings. The molecule has 7 heteroatoms. The lowest BCUT2D eigenvalue weighted by Crippen LogP contribution is -2.32. The standard InChI is InChI=1S/C9H10F4N2O/c10-8(11)9(12,13)5-16-4-6-2-1-3-15-7(6)14/h1-3,8H,4-5H2,(H2,14,15). The summed E-state index contributed by atoms with van der Waals surface area (Å²) in [6.45, 7) is -1.62. The fraction of sp³-hybridized carbons (Fsp3) is 0.444. The fourth-order valence-electron chi connectivity index (χ4n) is 0.933. The Morgan fingerprint density at radius 1 is 1.44 bits per heavy atom. The van der Waals surface area contributed by atoms with Crippen LogP contribution in [-0.2, 0) is 11.3 Å². The van der Waals surface area contributed by atoms with Gasteiger partial charge >= 0.3 is 12.3 Å². The van der Waals surface area contributed by atoms with Crippen LogP contribution in [0.15, 0.2) is 18.3 Å². The zero-order chi connectivity index (χ0) is 12.2. The summed E-state index contributed by atoms with van der Waals surface area (Å²) in [6.07, 6.45) is -2.31. The van der Waals surface area contributed by atoms with Crippen LogP contribution in [0.4, 0.5) is 23.4 Å². The summed E-state index contributed by atoms with van der Waals surface area (Å²) in [7, 11) is 0. The van der Waals surface area contributed by atoms with Crippen LogP contribution in [0.25, 0.3) is 0 Å². The van der Waals surface area contributed by atoms with E-state index in [-0.39, 0.29) is 12.4 Å². The molecule has 3 nitrogen and oxygen atoms in total. The lowest BCUT2D eigenvalue weighted by molar-refractivity contribution is -0.168. The molecule has 0 aliphatic rings. The van der Waals surface area contributed by atoms with Gasteiger partial charge in [-0.1, -0.05) is 6.07 Å².